The van der Waals surface area contributed by atoms with E-state index < -0.39 is 0 Å². The largest absolute Gasteiger partial charge is 0.390 e. The minimum Gasteiger partial charge on any atom is -0.390 e. The van der Waals surface area contributed by atoms with Crippen LogP contribution in [0.1, 0.15) is 16.8 Å². The zero-order chi connectivity index (χ0) is 12.4. The maximum atomic E-state index is 9.11. The molecule has 0 aliphatic carbocycles. The summed E-state index contributed by atoms with van der Waals surface area (Å²) < 4.78 is 0. The van der Waals surface area contributed by atoms with E-state index in [9.17, 15) is 0 Å². The lowest BCUT2D eigenvalue weighted by Gasteiger charge is -2.28. The zero-order valence-electron chi connectivity index (χ0n) is 10.1. The summed E-state index contributed by atoms with van der Waals surface area (Å²) in [7, 11) is 0. The monoisotopic (exact) mass is 241 g/mol. The van der Waals surface area contributed by atoms with E-state index in [-0.39, 0.29) is 6.61 Å². The van der Waals surface area contributed by atoms with Gasteiger partial charge in [0.15, 0.2) is 0 Å². The Kier molecular flexibility index (Phi) is 2.94. The van der Waals surface area contributed by atoms with Crippen LogP contribution in [-0.4, -0.2) is 21.6 Å². The Labute approximate surface area is 106 Å². The van der Waals surface area contributed by atoms with Crippen molar-refractivity contribution < 1.29 is 5.11 Å². The van der Waals surface area contributed by atoms with Gasteiger partial charge in [0.1, 0.15) is 0 Å². The average molecular weight is 241 g/mol. The summed E-state index contributed by atoms with van der Waals surface area (Å²) in [4.78, 5) is 10.8. The fraction of sp³-hybridized carbons (Fsp3) is 0.286. The molecule has 2 aromatic rings. The first kappa shape index (κ1) is 11.2. The molecule has 0 unspecified atom stereocenters. The van der Waals surface area contributed by atoms with Gasteiger partial charge in [0.25, 0.3) is 0 Å². The van der Waals surface area contributed by atoms with Gasteiger partial charge in [0.05, 0.1) is 12.3 Å². The second-order valence-corrected chi connectivity index (χ2v) is 4.45. The van der Waals surface area contributed by atoms with Crippen LogP contribution in [0.5, 0.6) is 0 Å². The van der Waals surface area contributed by atoms with Crippen LogP contribution < -0.4 is 4.90 Å². The third-order valence-electron chi connectivity index (χ3n) is 3.28. The van der Waals surface area contributed by atoms with Crippen molar-refractivity contribution in [2.45, 2.75) is 19.6 Å². The summed E-state index contributed by atoms with van der Waals surface area (Å²) in [5.74, 6) is 0.705. The van der Waals surface area contributed by atoms with Crippen LogP contribution in [0.4, 0.5) is 5.95 Å². The Morgan fingerprint density at radius 1 is 1.17 bits per heavy atom. The number of hydrogen-bond donors (Lipinski definition) is 1. The van der Waals surface area contributed by atoms with Crippen LogP contribution in [0, 0.1) is 0 Å². The number of anilines is 1. The molecule has 0 spiro atoms. The number of nitrogens with zero attached hydrogens (tertiary/aromatic N) is 3. The molecule has 0 atom stereocenters. The van der Waals surface area contributed by atoms with Crippen LogP contribution in [0.3, 0.4) is 0 Å². The maximum Gasteiger partial charge on any atom is 0.225 e. The number of rotatable bonds is 2. The Morgan fingerprint density at radius 3 is 2.83 bits per heavy atom. The Balaban J connectivity index is 1.87. The smallest absolute Gasteiger partial charge is 0.225 e. The van der Waals surface area contributed by atoms with Gasteiger partial charge in [-0.3, -0.25) is 0 Å². The van der Waals surface area contributed by atoms with Crippen molar-refractivity contribution in [3.05, 3.63) is 53.3 Å². The number of fused-ring (bicyclic) bond motifs is 1. The van der Waals surface area contributed by atoms with E-state index in [0.717, 1.165) is 19.5 Å². The molecule has 0 radical (unpaired) electrons. The highest BCUT2D eigenvalue weighted by Crippen LogP contribution is 2.21. The van der Waals surface area contributed by atoms with Crippen LogP contribution in [0.25, 0.3) is 0 Å². The van der Waals surface area contributed by atoms with Gasteiger partial charge in [-0.25, -0.2) is 9.97 Å². The van der Waals surface area contributed by atoms with Gasteiger partial charge in [-0.1, -0.05) is 24.3 Å². The lowest BCUT2D eigenvalue weighted by Crippen LogP contribution is -2.31. The number of aliphatic hydroxyl groups is 1. The van der Waals surface area contributed by atoms with Gasteiger partial charge in [-0.05, 0) is 23.6 Å². The zero-order valence-corrected chi connectivity index (χ0v) is 10.1. The van der Waals surface area contributed by atoms with Gasteiger partial charge in [0, 0.05) is 19.3 Å². The van der Waals surface area contributed by atoms with Crippen molar-refractivity contribution >= 4 is 5.95 Å². The van der Waals surface area contributed by atoms with Gasteiger partial charge >= 0.3 is 0 Å². The number of hydrogen-bond acceptors (Lipinski definition) is 4. The van der Waals surface area contributed by atoms with E-state index in [1.54, 1.807) is 12.3 Å². The molecule has 1 aliphatic heterocycles. The third kappa shape index (κ3) is 2.07. The molecular formula is C14H15N3O. The first-order valence-corrected chi connectivity index (χ1v) is 6.11. The third-order valence-corrected chi connectivity index (χ3v) is 3.28. The molecule has 0 saturated carbocycles. The molecule has 1 N–H and O–H groups in total. The van der Waals surface area contributed by atoms with Crippen molar-refractivity contribution in [3.8, 4) is 0 Å². The van der Waals surface area contributed by atoms with E-state index >= 15 is 0 Å². The maximum absolute atomic E-state index is 9.11. The SMILES string of the molecule is OCc1ccnc(N2CCc3ccccc3C2)n1. The summed E-state index contributed by atoms with van der Waals surface area (Å²) in [6, 6.07) is 10.2. The molecule has 0 fully saturated rings. The molecule has 1 aromatic carbocycles. The predicted molar refractivity (Wildman–Crippen MR) is 69.2 cm³/mol. The molecule has 0 amide bonds. The highest BCUT2D eigenvalue weighted by molar-refractivity contribution is 5.39. The number of aliphatic hydroxyl groups excluding tert-OH is 1. The highest BCUT2D eigenvalue weighted by atomic mass is 16.3. The van der Waals surface area contributed by atoms with Crippen molar-refractivity contribution in [1.82, 2.24) is 9.97 Å². The average Bonchev–Trinajstić information content (AvgIpc) is 2.47. The molecule has 2 heterocycles. The molecule has 4 heteroatoms. The van der Waals surface area contributed by atoms with E-state index in [4.69, 9.17) is 5.11 Å². The molecular weight excluding hydrogens is 226 g/mol. The molecule has 4 nitrogen and oxygen atoms in total. The standard InChI is InChI=1S/C14H15N3O/c18-10-13-5-7-15-14(16-13)17-8-6-11-3-1-2-4-12(11)9-17/h1-5,7,18H,6,8-10H2. The molecule has 0 saturated heterocycles. The number of benzene rings is 1. The summed E-state index contributed by atoms with van der Waals surface area (Å²) in [5, 5.41) is 9.11. The van der Waals surface area contributed by atoms with Crippen LogP contribution in [-0.2, 0) is 19.6 Å². The minimum atomic E-state index is -0.0417. The summed E-state index contributed by atoms with van der Waals surface area (Å²) in [5.41, 5.74) is 3.41. The van der Waals surface area contributed by atoms with E-state index in [2.05, 4.69) is 39.1 Å². The molecule has 1 aromatic heterocycles. The van der Waals surface area contributed by atoms with E-state index in [1.807, 2.05) is 0 Å². The molecule has 1 aliphatic rings. The summed E-state index contributed by atoms with van der Waals surface area (Å²) in [6.07, 6.45) is 2.72. The summed E-state index contributed by atoms with van der Waals surface area (Å²) in [6.45, 7) is 1.72. The molecule has 92 valence electrons. The highest BCUT2D eigenvalue weighted by Gasteiger charge is 2.17. The van der Waals surface area contributed by atoms with Crippen molar-refractivity contribution in [3.63, 3.8) is 0 Å². The first-order chi connectivity index (χ1) is 8.86. The number of aromatic nitrogens is 2. The molecule has 0 bridgehead atoms. The normalized spacial score (nSPS) is 14.4. The second kappa shape index (κ2) is 4.74. The molecule has 3 rings (SSSR count). The quantitative estimate of drug-likeness (QED) is 0.866. The van der Waals surface area contributed by atoms with Gasteiger partial charge in [0.2, 0.25) is 5.95 Å². The Bertz CT molecular complexity index is 556. The fourth-order valence-electron chi connectivity index (χ4n) is 2.29. The Morgan fingerprint density at radius 2 is 2.00 bits per heavy atom. The Hall–Kier alpha value is -1.94. The van der Waals surface area contributed by atoms with E-state index in [0.29, 0.717) is 11.6 Å². The lowest BCUT2D eigenvalue weighted by molar-refractivity contribution is 0.276. The predicted octanol–water partition coefficient (Wildman–Crippen LogP) is 1.53. The van der Waals surface area contributed by atoms with Crippen LogP contribution in [0.2, 0.25) is 0 Å². The lowest BCUT2D eigenvalue weighted by atomic mass is 10.0. The van der Waals surface area contributed by atoms with Crippen molar-refractivity contribution in [2.24, 2.45) is 0 Å². The topological polar surface area (TPSA) is 49.3 Å². The van der Waals surface area contributed by atoms with Gasteiger partial charge < -0.3 is 10.0 Å². The van der Waals surface area contributed by atoms with E-state index in [1.165, 1.54) is 11.1 Å². The first-order valence-electron chi connectivity index (χ1n) is 6.11. The minimum absolute atomic E-state index is 0.0417. The van der Waals surface area contributed by atoms with Crippen LogP contribution >= 0.6 is 0 Å². The fourth-order valence-corrected chi connectivity index (χ4v) is 2.29. The molecule has 18 heavy (non-hydrogen) atoms. The van der Waals surface area contributed by atoms with Crippen LogP contribution in [0.15, 0.2) is 36.5 Å². The van der Waals surface area contributed by atoms with Gasteiger partial charge in [-0.2, -0.15) is 0 Å². The van der Waals surface area contributed by atoms with Crippen molar-refractivity contribution in [1.29, 1.82) is 0 Å². The van der Waals surface area contributed by atoms with Crippen molar-refractivity contribution in [2.75, 3.05) is 11.4 Å². The summed E-state index contributed by atoms with van der Waals surface area (Å²) >= 11 is 0. The van der Waals surface area contributed by atoms with Gasteiger partial charge in [-0.15, -0.1) is 0 Å². The second-order valence-electron chi connectivity index (χ2n) is 4.45.